The Morgan fingerprint density at radius 2 is 1.43 bits per heavy atom. The van der Waals surface area contributed by atoms with E-state index in [1.54, 1.807) is 0 Å². The van der Waals surface area contributed by atoms with Crippen LogP contribution in [0.4, 0.5) is 17.7 Å². The highest BCUT2D eigenvalue weighted by Gasteiger charge is 2.53. The van der Waals surface area contributed by atoms with Crippen molar-refractivity contribution in [3.05, 3.63) is 46.0 Å². The number of aromatic nitrogens is 12. The third-order valence-electron chi connectivity index (χ3n) is 11.0. The third-order valence-corrected chi connectivity index (χ3v) is 16.2. The van der Waals surface area contributed by atoms with Crippen LogP contribution >= 0.6 is 31.3 Å². The van der Waals surface area contributed by atoms with Crippen molar-refractivity contribution in [1.29, 1.82) is 0 Å². The number of aryl methyl sites for hydroxylation is 1. The molecule has 2 saturated heterocycles. The molecule has 43 heteroatoms. The molecular weight excluding hydrogens is 1100 g/mol. The number of nitrogen functional groups attached to an aromatic ring is 3. The Morgan fingerprint density at radius 3 is 2.09 bits per heavy atom. The van der Waals surface area contributed by atoms with E-state index < -0.39 is 137 Å². The predicted molar refractivity (Wildman–Crippen MR) is 241 cm³/mol. The smallest absolute Gasteiger partial charge is 0.394 e. The molecule has 412 valence electrons. The van der Waals surface area contributed by atoms with Crippen LogP contribution in [0.15, 0.2) is 34.9 Å². The fraction of sp³-hybridized carbons (Fsp3) is 0.531. The number of hydrogen-bond acceptors (Lipinski definition) is 29. The summed E-state index contributed by atoms with van der Waals surface area (Å²) in [6.45, 7) is -5.12. The number of ether oxygens (including phenoxy) is 4. The third kappa shape index (κ3) is 12.0. The van der Waals surface area contributed by atoms with Crippen LogP contribution in [0.2, 0.25) is 0 Å². The van der Waals surface area contributed by atoms with Crippen LogP contribution < -0.4 is 32.9 Å². The Bertz CT molecular complexity index is 3390. The summed E-state index contributed by atoms with van der Waals surface area (Å²) in [5.74, 6) is -0.710. The number of nitrogens with one attached hydrogen (secondary N) is 2. The monoisotopic (exact) mass is 1150 g/mol. The molecule has 2 fully saturated rings. The number of methoxy groups -OCH3 is 1. The molecule has 0 spiro atoms. The number of rotatable bonds is 23. The van der Waals surface area contributed by atoms with E-state index >= 15 is 0 Å². The second-order valence-corrected chi connectivity index (χ2v) is 22.0. The number of H-pyrrole nitrogens is 2. The molecule has 8 heterocycles. The van der Waals surface area contributed by atoms with E-state index in [-0.39, 0.29) is 51.2 Å². The fourth-order valence-electron chi connectivity index (χ4n) is 7.78. The molecule has 0 saturated carbocycles. The van der Waals surface area contributed by atoms with Gasteiger partial charge >= 0.3 is 36.9 Å². The lowest BCUT2D eigenvalue weighted by Gasteiger charge is -2.27. The number of nitrogens with two attached hydrogens (primary N) is 3. The zero-order valence-electron chi connectivity index (χ0n) is 38.2. The van der Waals surface area contributed by atoms with Crippen LogP contribution in [0, 0.1) is 0 Å². The molecule has 2 aliphatic heterocycles. The average Bonchev–Trinajstić information content (AvgIpc) is 4.14. The van der Waals surface area contributed by atoms with E-state index in [9.17, 15) is 67.8 Å². The van der Waals surface area contributed by atoms with Gasteiger partial charge in [-0.05, 0) is 0 Å². The summed E-state index contributed by atoms with van der Waals surface area (Å²) in [7, 11) is -20.9. The van der Waals surface area contributed by atoms with Crippen molar-refractivity contribution in [2.75, 3.05) is 57.3 Å². The standard InChI is InChI=1S/C32H45N15O24P4/c1-44-11-47(26-18(44)28(53)43-32(35)41-26)29-20(51)19(50)13(67-29)6-64-73(56,57)70-75(60,61)71-74(58,59)65-7-14-21(22(62-2)30(68-14)46-10-38-16-23(33)36-8-37-24(16)46)69-72(54,55)63-5-12(3-48)66-15(4-49)45-9-39-17-25(45)40-31(34)42-27(17)52/h8-15,19-22,29-30,48-51H,3-7H2,1-2H3,(H11-,33,34,35,36,37,40,41,42,43,52,53,54,55,56,57,58,59,60,61)/p+1/t12-,13+,14+,15+,19?,20-,21?,22-,29+,30+/m0/s1. The lowest BCUT2D eigenvalue weighted by Crippen LogP contribution is -2.46. The topological polar surface area (TPSA) is 562 Å². The number of nitrogens with zero attached hydrogens (tertiary/aromatic N) is 10. The van der Waals surface area contributed by atoms with Gasteiger partial charge in [0.05, 0.1) is 52.7 Å². The van der Waals surface area contributed by atoms with Gasteiger partial charge in [-0.1, -0.05) is 4.98 Å². The van der Waals surface area contributed by atoms with Crippen molar-refractivity contribution in [3.63, 3.8) is 0 Å². The minimum Gasteiger partial charge on any atom is -0.394 e. The van der Waals surface area contributed by atoms with Crippen LogP contribution in [0.1, 0.15) is 18.7 Å². The summed E-state index contributed by atoms with van der Waals surface area (Å²) in [5, 5.41) is 41.7. The zero-order valence-corrected chi connectivity index (χ0v) is 41.8. The van der Waals surface area contributed by atoms with Gasteiger partial charge in [-0.25, -0.2) is 42.8 Å². The summed E-state index contributed by atoms with van der Waals surface area (Å²) in [6, 6.07) is 0. The van der Waals surface area contributed by atoms with E-state index in [0.29, 0.717) is 0 Å². The largest absolute Gasteiger partial charge is 0.490 e. The quantitative estimate of drug-likeness (QED) is 0.0213. The molecule has 0 bridgehead atoms. The molecule has 16 N–H and O–H groups in total. The molecule has 2 aliphatic rings. The zero-order chi connectivity index (χ0) is 54.5. The summed E-state index contributed by atoms with van der Waals surface area (Å²) < 4.78 is 109. The number of fused-ring (bicyclic) bond motifs is 3. The summed E-state index contributed by atoms with van der Waals surface area (Å²) >= 11 is 0. The van der Waals surface area contributed by atoms with Gasteiger partial charge in [0.2, 0.25) is 17.7 Å². The van der Waals surface area contributed by atoms with Crippen molar-refractivity contribution in [2.24, 2.45) is 7.05 Å². The van der Waals surface area contributed by atoms with Gasteiger partial charge in [0.15, 0.2) is 41.4 Å². The van der Waals surface area contributed by atoms with Gasteiger partial charge in [-0.3, -0.25) is 51.4 Å². The van der Waals surface area contributed by atoms with Gasteiger partial charge in [-0.15, -0.1) is 0 Å². The maximum absolute atomic E-state index is 13.6. The first-order valence-electron chi connectivity index (χ1n) is 21.1. The second kappa shape index (κ2) is 21.7. The Balaban J connectivity index is 0.931. The van der Waals surface area contributed by atoms with Gasteiger partial charge in [0.25, 0.3) is 17.1 Å². The predicted octanol–water partition coefficient (Wildman–Crippen LogP) is -4.46. The van der Waals surface area contributed by atoms with Crippen molar-refractivity contribution in [3.8, 4) is 0 Å². The van der Waals surface area contributed by atoms with Gasteiger partial charge < -0.3 is 76.1 Å². The molecule has 14 atom stereocenters. The molecular formula is C32H46N15O24P4+. The van der Waals surface area contributed by atoms with Crippen LogP contribution in [0.5, 0.6) is 0 Å². The summed E-state index contributed by atoms with van der Waals surface area (Å²) in [5.41, 5.74) is 15.4. The first-order valence-corrected chi connectivity index (χ1v) is 27.1. The Morgan fingerprint density at radius 1 is 0.773 bits per heavy atom. The number of aliphatic hydroxyl groups is 4. The average molecular weight is 1150 g/mol. The molecule has 39 nitrogen and oxygen atoms in total. The molecule has 0 aromatic carbocycles. The fourth-order valence-corrected chi connectivity index (χ4v) is 12.3. The normalized spacial score (nSPS) is 26.3. The number of aliphatic hydroxyl groups excluding tert-OH is 4. The van der Waals surface area contributed by atoms with Crippen LogP contribution in [0.3, 0.4) is 0 Å². The SMILES string of the molecule is CO[C@H]1C(OP(=O)(O)OC[C@H](CO)O[C@H](CO)n2cnc3c(=O)[nH]c(N)nc32)[C@@H](COP(=O)(O)OP(=O)(O)OP(=O)(O)OC[C@H]2O[C@@H]([n+]3cn(C)c4c(=O)[nH]c(N)nc43)[C@@H](O)C2O)O[C@H]1n1cnc2c(N)ncnc21. The van der Waals surface area contributed by atoms with E-state index in [4.69, 9.17) is 49.7 Å². The van der Waals surface area contributed by atoms with E-state index in [1.165, 1.54) is 22.5 Å². The van der Waals surface area contributed by atoms with E-state index in [1.807, 2.05) is 0 Å². The maximum atomic E-state index is 13.6. The lowest BCUT2D eigenvalue weighted by molar-refractivity contribution is -0.745. The van der Waals surface area contributed by atoms with Gasteiger partial charge in [0.1, 0.15) is 54.6 Å². The Kier molecular flexibility index (Phi) is 16.2. The number of hydrogen-bond donors (Lipinski definition) is 13. The molecule has 0 amide bonds. The Hall–Kier alpha value is -5.15. The van der Waals surface area contributed by atoms with E-state index in [2.05, 4.69) is 53.0 Å². The van der Waals surface area contributed by atoms with Crippen molar-refractivity contribution < 1.29 is 108 Å². The van der Waals surface area contributed by atoms with Crippen LogP contribution in [0.25, 0.3) is 33.5 Å². The molecule has 6 unspecified atom stereocenters. The molecule has 75 heavy (non-hydrogen) atoms. The van der Waals surface area contributed by atoms with Gasteiger partial charge in [0, 0.05) is 7.11 Å². The highest BCUT2D eigenvalue weighted by Crippen LogP contribution is 2.68. The number of phosphoric acid groups is 4. The van der Waals surface area contributed by atoms with Gasteiger partial charge in [-0.2, -0.15) is 13.6 Å². The lowest BCUT2D eigenvalue weighted by atomic mass is 10.1. The Labute approximate surface area is 415 Å². The summed E-state index contributed by atoms with van der Waals surface area (Å²) in [4.78, 5) is 95.5. The molecule has 8 rings (SSSR count). The molecule has 6 aromatic rings. The van der Waals surface area contributed by atoms with Crippen LogP contribution in [-0.4, -0.2) is 176 Å². The van der Waals surface area contributed by atoms with Crippen LogP contribution in [-0.2, 0) is 71.0 Å². The number of aromatic amines is 2. The molecule has 0 aliphatic carbocycles. The number of imidazole rings is 3. The molecule has 0 radical (unpaired) electrons. The maximum Gasteiger partial charge on any atom is 0.490 e. The minimum absolute atomic E-state index is 0.00688. The highest BCUT2D eigenvalue weighted by molar-refractivity contribution is 7.66. The number of anilines is 3. The van der Waals surface area contributed by atoms with E-state index in [0.717, 1.165) is 35.2 Å². The molecule has 6 aromatic heterocycles. The second-order valence-electron chi connectivity index (χ2n) is 16.0. The number of phosphoric ester groups is 3. The first kappa shape index (κ1) is 56.1. The van der Waals surface area contributed by atoms with Crippen molar-refractivity contribution >= 4 is 82.5 Å². The summed E-state index contributed by atoms with van der Waals surface area (Å²) in [6.07, 6.45) is -12.1. The first-order chi connectivity index (χ1) is 35.2. The minimum atomic E-state index is -6.20. The van der Waals surface area contributed by atoms with Crippen molar-refractivity contribution in [1.82, 2.24) is 53.6 Å². The van der Waals surface area contributed by atoms with Crippen molar-refractivity contribution in [2.45, 2.75) is 61.4 Å². The highest BCUT2D eigenvalue weighted by atomic mass is 31.3.